The summed E-state index contributed by atoms with van der Waals surface area (Å²) in [5.74, 6) is -0.606. The second-order valence-electron chi connectivity index (χ2n) is 3.02. The summed E-state index contributed by atoms with van der Waals surface area (Å²) in [5, 5.41) is 0. The normalized spacial score (nSPS) is 9.57. The molecule has 1 aromatic rings. The van der Waals surface area contributed by atoms with Crippen LogP contribution >= 0.6 is 0 Å². The summed E-state index contributed by atoms with van der Waals surface area (Å²) < 4.78 is 4.62. The molecule has 0 unspecified atom stereocenters. The SMILES string of the molecule is CC(=O)OCC(=O)c1ccccc1C. The first-order valence-electron chi connectivity index (χ1n) is 4.33. The van der Waals surface area contributed by atoms with Gasteiger partial charge in [-0.25, -0.2) is 0 Å². The van der Waals surface area contributed by atoms with Gasteiger partial charge in [0.1, 0.15) is 0 Å². The molecular formula is C11H12O3. The number of hydrogen-bond acceptors (Lipinski definition) is 3. The Morgan fingerprint density at radius 2 is 1.93 bits per heavy atom. The fourth-order valence-electron chi connectivity index (χ4n) is 1.13. The van der Waals surface area contributed by atoms with E-state index in [4.69, 9.17) is 0 Å². The minimum absolute atomic E-state index is 0.168. The van der Waals surface area contributed by atoms with Gasteiger partial charge < -0.3 is 4.74 Å². The predicted molar refractivity (Wildman–Crippen MR) is 52.1 cm³/mol. The fraction of sp³-hybridized carbons (Fsp3) is 0.273. The van der Waals surface area contributed by atoms with Crippen LogP contribution in [0.25, 0.3) is 0 Å². The number of ketones is 1. The van der Waals surface area contributed by atoms with Crippen LogP contribution in [0.4, 0.5) is 0 Å². The van der Waals surface area contributed by atoms with Gasteiger partial charge in [-0.05, 0) is 12.5 Å². The Morgan fingerprint density at radius 1 is 1.29 bits per heavy atom. The van der Waals surface area contributed by atoms with E-state index in [1.165, 1.54) is 6.92 Å². The molecule has 0 saturated carbocycles. The third-order valence-corrected chi connectivity index (χ3v) is 1.85. The Kier molecular flexibility index (Phi) is 3.40. The topological polar surface area (TPSA) is 43.4 Å². The third kappa shape index (κ3) is 2.69. The van der Waals surface area contributed by atoms with Gasteiger partial charge in [0.15, 0.2) is 6.61 Å². The van der Waals surface area contributed by atoms with Crippen LogP contribution < -0.4 is 0 Å². The highest BCUT2D eigenvalue weighted by molar-refractivity contribution is 5.99. The summed E-state index contributed by atoms with van der Waals surface area (Å²) >= 11 is 0. The molecule has 74 valence electrons. The first-order chi connectivity index (χ1) is 6.61. The standard InChI is InChI=1S/C11H12O3/c1-8-5-3-4-6-10(8)11(13)7-14-9(2)12/h3-6H,7H2,1-2H3. The van der Waals surface area contributed by atoms with E-state index in [1.54, 1.807) is 12.1 Å². The summed E-state index contributed by atoms with van der Waals surface area (Å²) in [6, 6.07) is 7.22. The number of hydrogen-bond donors (Lipinski definition) is 0. The maximum Gasteiger partial charge on any atom is 0.303 e. The summed E-state index contributed by atoms with van der Waals surface area (Å²) in [6.45, 7) is 2.95. The summed E-state index contributed by atoms with van der Waals surface area (Å²) in [6.07, 6.45) is 0. The Labute approximate surface area is 82.7 Å². The first kappa shape index (κ1) is 10.4. The first-order valence-corrected chi connectivity index (χ1v) is 4.33. The lowest BCUT2D eigenvalue weighted by Gasteiger charge is -2.04. The molecule has 0 radical (unpaired) electrons. The number of carbonyl (C=O) groups excluding carboxylic acids is 2. The molecule has 14 heavy (non-hydrogen) atoms. The van der Waals surface area contributed by atoms with Crippen LogP contribution in [-0.2, 0) is 9.53 Å². The number of aryl methyl sites for hydroxylation is 1. The molecule has 1 aromatic carbocycles. The van der Waals surface area contributed by atoms with Gasteiger partial charge >= 0.3 is 5.97 Å². The summed E-state index contributed by atoms with van der Waals surface area (Å²) in [5.41, 5.74) is 1.50. The van der Waals surface area contributed by atoms with Crippen molar-refractivity contribution in [3.8, 4) is 0 Å². The smallest absolute Gasteiger partial charge is 0.303 e. The van der Waals surface area contributed by atoms with Gasteiger partial charge in [0.2, 0.25) is 5.78 Å². The average molecular weight is 192 g/mol. The summed E-state index contributed by atoms with van der Waals surface area (Å²) in [7, 11) is 0. The van der Waals surface area contributed by atoms with E-state index in [0.29, 0.717) is 5.56 Å². The molecule has 0 aliphatic heterocycles. The minimum Gasteiger partial charge on any atom is -0.457 e. The molecule has 3 nitrogen and oxygen atoms in total. The fourth-order valence-corrected chi connectivity index (χ4v) is 1.13. The van der Waals surface area contributed by atoms with E-state index in [2.05, 4.69) is 4.74 Å². The quantitative estimate of drug-likeness (QED) is 0.541. The highest BCUT2D eigenvalue weighted by atomic mass is 16.5. The van der Waals surface area contributed by atoms with Crippen LogP contribution in [0.2, 0.25) is 0 Å². The lowest BCUT2D eigenvalue weighted by atomic mass is 10.1. The van der Waals surface area contributed by atoms with E-state index in [0.717, 1.165) is 5.56 Å². The Hall–Kier alpha value is -1.64. The van der Waals surface area contributed by atoms with E-state index in [-0.39, 0.29) is 12.4 Å². The zero-order valence-corrected chi connectivity index (χ0v) is 8.24. The average Bonchev–Trinajstić information content (AvgIpc) is 2.15. The molecule has 0 spiro atoms. The van der Waals surface area contributed by atoms with E-state index < -0.39 is 5.97 Å². The molecule has 1 rings (SSSR count). The van der Waals surface area contributed by atoms with Gasteiger partial charge in [-0.1, -0.05) is 24.3 Å². The van der Waals surface area contributed by atoms with Crippen molar-refractivity contribution in [1.82, 2.24) is 0 Å². The highest BCUT2D eigenvalue weighted by Crippen LogP contribution is 2.07. The van der Waals surface area contributed by atoms with Crippen molar-refractivity contribution in [3.63, 3.8) is 0 Å². The van der Waals surface area contributed by atoms with Gasteiger partial charge in [-0.3, -0.25) is 9.59 Å². The Bertz CT molecular complexity index is 355. The van der Waals surface area contributed by atoms with Crippen molar-refractivity contribution in [2.24, 2.45) is 0 Å². The van der Waals surface area contributed by atoms with Crippen molar-refractivity contribution in [2.45, 2.75) is 13.8 Å². The molecule has 0 N–H and O–H groups in total. The maximum absolute atomic E-state index is 11.5. The lowest BCUT2D eigenvalue weighted by Crippen LogP contribution is -2.12. The summed E-state index contributed by atoms with van der Waals surface area (Å²) in [4.78, 5) is 22.0. The van der Waals surface area contributed by atoms with E-state index >= 15 is 0 Å². The maximum atomic E-state index is 11.5. The molecule has 0 atom stereocenters. The van der Waals surface area contributed by atoms with Gasteiger partial charge in [0.25, 0.3) is 0 Å². The predicted octanol–water partition coefficient (Wildman–Crippen LogP) is 1.74. The molecule has 0 bridgehead atoms. The molecule has 0 saturated heterocycles. The number of Topliss-reactive ketones (excluding diaryl/α,β-unsaturated/α-hetero) is 1. The van der Waals surface area contributed by atoms with E-state index in [9.17, 15) is 9.59 Å². The van der Waals surface area contributed by atoms with Crippen molar-refractivity contribution in [3.05, 3.63) is 35.4 Å². The lowest BCUT2D eigenvalue weighted by molar-refractivity contribution is -0.139. The highest BCUT2D eigenvalue weighted by Gasteiger charge is 2.09. The van der Waals surface area contributed by atoms with E-state index in [1.807, 2.05) is 19.1 Å². The molecule has 0 aliphatic carbocycles. The zero-order chi connectivity index (χ0) is 10.6. The molecule has 0 amide bonds. The number of benzene rings is 1. The zero-order valence-electron chi connectivity index (χ0n) is 8.24. The van der Waals surface area contributed by atoms with Crippen LogP contribution in [0.15, 0.2) is 24.3 Å². The Morgan fingerprint density at radius 3 is 2.50 bits per heavy atom. The molecule has 3 heteroatoms. The monoisotopic (exact) mass is 192 g/mol. The van der Waals surface area contributed by atoms with Crippen LogP contribution in [-0.4, -0.2) is 18.4 Å². The molecule has 0 fully saturated rings. The van der Waals surface area contributed by atoms with Crippen LogP contribution in [0.1, 0.15) is 22.8 Å². The second kappa shape index (κ2) is 4.56. The molecular weight excluding hydrogens is 180 g/mol. The third-order valence-electron chi connectivity index (χ3n) is 1.85. The molecule has 0 heterocycles. The van der Waals surface area contributed by atoms with Gasteiger partial charge in [0, 0.05) is 12.5 Å². The minimum atomic E-state index is -0.438. The van der Waals surface area contributed by atoms with Gasteiger partial charge in [-0.2, -0.15) is 0 Å². The number of carbonyl (C=O) groups is 2. The number of esters is 1. The van der Waals surface area contributed by atoms with Crippen molar-refractivity contribution in [1.29, 1.82) is 0 Å². The van der Waals surface area contributed by atoms with Crippen molar-refractivity contribution < 1.29 is 14.3 Å². The van der Waals surface area contributed by atoms with Crippen molar-refractivity contribution in [2.75, 3.05) is 6.61 Å². The van der Waals surface area contributed by atoms with Crippen LogP contribution in [0, 0.1) is 6.92 Å². The number of rotatable bonds is 3. The van der Waals surface area contributed by atoms with Crippen LogP contribution in [0.5, 0.6) is 0 Å². The molecule has 0 aliphatic rings. The Balaban J connectivity index is 2.70. The molecule has 0 aromatic heterocycles. The number of ether oxygens (including phenoxy) is 1. The second-order valence-corrected chi connectivity index (χ2v) is 3.02. The van der Waals surface area contributed by atoms with Gasteiger partial charge in [0.05, 0.1) is 0 Å². The van der Waals surface area contributed by atoms with Crippen molar-refractivity contribution >= 4 is 11.8 Å². The van der Waals surface area contributed by atoms with Crippen LogP contribution in [0.3, 0.4) is 0 Å². The van der Waals surface area contributed by atoms with Gasteiger partial charge in [-0.15, -0.1) is 0 Å². The largest absolute Gasteiger partial charge is 0.457 e.